The van der Waals surface area contributed by atoms with Crippen LogP contribution in [0.25, 0.3) is 0 Å². The second kappa shape index (κ2) is 12.6. The Morgan fingerprint density at radius 2 is 1.93 bits per heavy atom. The van der Waals surface area contributed by atoms with Crippen molar-refractivity contribution >= 4 is 11.6 Å². The quantitative estimate of drug-likeness (QED) is 0.363. The third-order valence-corrected chi connectivity index (χ3v) is 4.90. The zero-order chi connectivity index (χ0) is 20.2. The maximum Gasteiger partial charge on any atom is 0.191 e. The lowest BCUT2D eigenvalue weighted by Gasteiger charge is -2.35. The normalized spacial score (nSPS) is 15.7. The van der Waals surface area contributed by atoms with Crippen LogP contribution in [0, 0.1) is 5.82 Å². The molecule has 0 amide bonds. The number of likely N-dealkylation sites (N-methyl/N-ethyl adjacent to an activating group) is 1. The number of anilines is 1. The van der Waals surface area contributed by atoms with Crippen molar-refractivity contribution < 1.29 is 9.13 Å². The maximum absolute atomic E-state index is 14.7. The second-order valence-electron chi connectivity index (χ2n) is 6.88. The van der Waals surface area contributed by atoms with Crippen molar-refractivity contribution in [1.29, 1.82) is 0 Å². The molecule has 6 nitrogen and oxygen atoms in total. The van der Waals surface area contributed by atoms with Gasteiger partial charge >= 0.3 is 0 Å². The van der Waals surface area contributed by atoms with Gasteiger partial charge in [0.25, 0.3) is 0 Å². The highest BCUT2D eigenvalue weighted by Crippen LogP contribution is 2.22. The van der Waals surface area contributed by atoms with Crippen molar-refractivity contribution in [3.63, 3.8) is 0 Å². The van der Waals surface area contributed by atoms with Gasteiger partial charge in [0.15, 0.2) is 5.96 Å². The highest BCUT2D eigenvalue weighted by Gasteiger charge is 2.18. The number of nitrogens with zero attached hydrogens (tertiary/aromatic N) is 3. The molecule has 0 aromatic heterocycles. The Morgan fingerprint density at radius 1 is 1.14 bits per heavy atom. The van der Waals surface area contributed by atoms with E-state index in [1.54, 1.807) is 6.07 Å². The van der Waals surface area contributed by atoms with Crippen molar-refractivity contribution in [3.8, 4) is 0 Å². The summed E-state index contributed by atoms with van der Waals surface area (Å²) in [5.41, 5.74) is 1.57. The van der Waals surface area contributed by atoms with E-state index in [4.69, 9.17) is 4.74 Å². The maximum atomic E-state index is 14.7. The van der Waals surface area contributed by atoms with Gasteiger partial charge in [0, 0.05) is 52.5 Å². The predicted octanol–water partition coefficient (Wildman–Crippen LogP) is 2.45. The first kappa shape index (κ1) is 22.4. The van der Waals surface area contributed by atoms with E-state index in [1.165, 1.54) is 0 Å². The van der Waals surface area contributed by atoms with Gasteiger partial charge < -0.3 is 25.2 Å². The van der Waals surface area contributed by atoms with E-state index >= 15 is 0 Å². The number of benzene rings is 1. The van der Waals surface area contributed by atoms with Gasteiger partial charge in [-0.15, -0.1) is 0 Å². The molecule has 28 heavy (non-hydrogen) atoms. The number of rotatable bonds is 10. The van der Waals surface area contributed by atoms with Crippen molar-refractivity contribution in [3.05, 3.63) is 29.6 Å². The van der Waals surface area contributed by atoms with Crippen molar-refractivity contribution in [2.75, 3.05) is 63.9 Å². The van der Waals surface area contributed by atoms with Gasteiger partial charge in [0.1, 0.15) is 5.82 Å². The van der Waals surface area contributed by atoms with Crippen LogP contribution in [0.2, 0.25) is 0 Å². The van der Waals surface area contributed by atoms with Gasteiger partial charge in [-0.1, -0.05) is 13.0 Å². The van der Waals surface area contributed by atoms with Crippen LogP contribution in [-0.2, 0) is 11.3 Å². The number of piperazine rings is 1. The highest BCUT2D eigenvalue weighted by molar-refractivity contribution is 5.79. The Bertz CT molecular complexity index is 602. The summed E-state index contributed by atoms with van der Waals surface area (Å²) < 4.78 is 20.0. The van der Waals surface area contributed by atoms with E-state index in [-0.39, 0.29) is 5.82 Å². The molecule has 0 unspecified atom stereocenters. The lowest BCUT2D eigenvalue weighted by molar-refractivity contribution is 0.145. The van der Waals surface area contributed by atoms with Gasteiger partial charge in [0.2, 0.25) is 0 Å². The Kier molecular flexibility index (Phi) is 10.1. The number of ether oxygens (including phenoxy) is 1. The Balaban J connectivity index is 1.89. The molecule has 0 saturated carbocycles. The van der Waals surface area contributed by atoms with Gasteiger partial charge in [0.05, 0.1) is 12.2 Å². The Labute approximate surface area is 169 Å². The molecule has 1 saturated heterocycles. The molecule has 1 aromatic carbocycles. The van der Waals surface area contributed by atoms with Crippen LogP contribution < -0.4 is 15.5 Å². The van der Waals surface area contributed by atoms with E-state index in [2.05, 4.69) is 32.3 Å². The first-order valence-corrected chi connectivity index (χ1v) is 10.5. The number of hydrogen-bond donors (Lipinski definition) is 2. The molecule has 0 aliphatic carbocycles. The Morgan fingerprint density at radius 3 is 2.57 bits per heavy atom. The van der Waals surface area contributed by atoms with E-state index < -0.39 is 0 Å². The number of guanidine groups is 1. The Hall–Kier alpha value is -1.86. The van der Waals surface area contributed by atoms with E-state index in [0.29, 0.717) is 12.2 Å². The fourth-order valence-corrected chi connectivity index (χ4v) is 3.25. The minimum atomic E-state index is -0.160. The molecule has 0 radical (unpaired) electrons. The van der Waals surface area contributed by atoms with Gasteiger partial charge in [-0.25, -0.2) is 9.38 Å². The molecule has 1 aliphatic heterocycles. The summed E-state index contributed by atoms with van der Waals surface area (Å²) in [5, 5.41) is 6.51. The summed E-state index contributed by atoms with van der Waals surface area (Å²) in [4.78, 5) is 9.10. The molecule has 0 atom stereocenters. The lowest BCUT2D eigenvalue weighted by atomic mass is 10.1. The topological polar surface area (TPSA) is 52.1 Å². The summed E-state index contributed by atoms with van der Waals surface area (Å²) in [6, 6.07) is 5.49. The fraction of sp³-hybridized carbons (Fsp3) is 0.667. The summed E-state index contributed by atoms with van der Waals surface area (Å²) in [6.45, 7) is 14.5. The smallest absolute Gasteiger partial charge is 0.191 e. The monoisotopic (exact) mass is 393 g/mol. The molecule has 0 bridgehead atoms. The molecule has 2 rings (SSSR count). The predicted molar refractivity (Wildman–Crippen MR) is 115 cm³/mol. The number of nitrogens with one attached hydrogen (secondary N) is 2. The molecule has 0 spiro atoms. The highest BCUT2D eigenvalue weighted by atomic mass is 19.1. The molecule has 2 N–H and O–H groups in total. The van der Waals surface area contributed by atoms with Crippen molar-refractivity contribution in [2.24, 2.45) is 4.99 Å². The number of aliphatic imine (C=N–C) groups is 1. The third-order valence-electron chi connectivity index (χ3n) is 4.90. The SMILES string of the molecule is CCNC(=NCc1ccc(N2CCN(CC)CC2)c(F)c1)NCCCOCC. The lowest BCUT2D eigenvalue weighted by Crippen LogP contribution is -2.46. The third kappa shape index (κ3) is 7.28. The molecule has 1 heterocycles. The average Bonchev–Trinajstić information content (AvgIpc) is 2.72. The van der Waals surface area contributed by atoms with Crippen molar-refractivity contribution in [2.45, 2.75) is 33.7 Å². The van der Waals surface area contributed by atoms with Crippen LogP contribution in [0.4, 0.5) is 10.1 Å². The molecule has 1 aliphatic rings. The minimum absolute atomic E-state index is 0.160. The molecule has 158 valence electrons. The molecule has 7 heteroatoms. The summed E-state index contributed by atoms with van der Waals surface area (Å²) in [6.07, 6.45) is 0.923. The van der Waals surface area contributed by atoms with E-state index in [0.717, 1.165) is 77.0 Å². The zero-order valence-corrected chi connectivity index (χ0v) is 17.6. The van der Waals surface area contributed by atoms with Crippen LogP contribution >= 0.6 is 0 Å². The molecule has 1 fully saturated rings. The molecule has 1 aromatic rings. The second-order valence-corrected chi connectivity index (χ2v) is 6.88. The average molecular weight is 394 g/mol. The number of halogens is 1. The van der Waals surface area contributed by atoms with Crippen LogP contribution in [-0.4, -0.2) is 69.9 Å². The van der Waals surface area contributed by atoms with Crippen LogP contribution in [0.15, 0.2) is 23.2 Å². The summed E-state index contributed by atoms with van der Waals surface area (Å²) >= 11 is 0. The first-order chi connectivity index (χ1) is 13.7. The standard InChI is InChI=1S/C21H36FN5O/c1-4-23-21(24-10-7-15-28-6-3)25-17-18-8-9-20(19(22)16-18)27-13-11-26(5-2)12-14-27/h8-9,16H,4-7,10-15,17H2,1-3H3,(H2,23,24,25). The van der Waals surface area contributed by atoms with E-state index in [1.807, 2.05) is 26.0 Å². The largest absolute Gasteiger partial charge is 0.382 e. The molecular formula is C21H36FN5O. The summed E-state index contributed by atoms with van der Waals surface area (Å²) in [5.74, 6) is 0.589. The van der Waals surface area contributed by atoms with Gasteiger partial charge in [-0.2, -0.15) is 0 Å². The zero-order valence-electron chi connectivity index (χ0n) is 17.6. The van der Waals surface area contributed by atoms with Gasteiger partial charge in [-0.3, -0.25) is 0 Å². The summed E-state index contributed by atoms with van der Waals surface area (Å²) in [7, 11) is 0. The van der Waals surface area contributed by atoms with E-state index in [9.17, 15) is 4.39 Å². The molecular weight excluding hydrogens is 357 g/mol. The van der Waals surface area contributed by atoms with Crippen LogP contribution in [0.3, 0.4) is 0 Å². The number of hydrogen-bond acceptors (Lipinski definition) is 4. The van der Waals surface area contributed by atoms with Gasteiger partial charge in [-0.05, 0) is 44.5 Å². The minimum Gasteiger partial charge on any atom is -0.382 e. The van der Waals surface area contributed by atoms with Crippen LogP contribution in [0.1, 0.15) is 32.8 Å². The van der Waals surface area contributed by atoms with Crippen molar-refractivity contribution in [1.82, 2.24) is 15.5 Å². The first-order valence-electron chi connectivity index (χ1n) is 10.5. The fourth-order valence-electron chi connectivity index (χ4n) is 3.25. The van der Waals surface area contributed by atoms with Crippen LogP contribution in [0.5, 0.6) is 0 Å².